The third-order valence-electron chi connectivity index (χ3n) is 4.39. The molecule has 0 aliphatic carbocycles. The Morgan fingerprint density at radius 3 is 2.63 bits per heavy atom. The summed E-state index contributed by atoms with van der Waals surface area (Å²) in [5, 5.41) is 3.62. The number of rotatable bonds is 4. The van der Waals surface area contributed by atoms with Gasteiger partial charge in [-0.05, 0) is 29.8 Å². The predicted molar refractivity (Wildman–Crippen MR) is 116 cm³/mol. The molecule has 0 saturated heterocycles. The molecule has 1 aliphatic rings. The Balaban J connectivity index is 0.00000210. The van der Waals surface area contributed by atoms with Gasteiger partial charge in [-0.15, -0.1) is 23.7 Å². The molecule has 140 valence electrons. The topological polar surface area (TPSA) is 45.2 Å². The monoisotopic (exact) mass is 463 g/mol. The summed E-state index contributed by atoms with van der Waals surface area (Å²) in [4.78, 5) is 20.7. The van der Waals surface area contributed by atoms with Crippen LogP contribution < -0.4 is 5.32 Å². The van der Waals surface area contributed by atoms with Crippen LogP contribution in [0.25, 0.3) is 0 Å². The molecule has 27 heavy (non-hydrogen) atoms. The number of carbonyl (C=O) groups is 1. The van der Waals surface area contributed by atoms with Gasteiger partial charge >= 0.3 is 0 Å². The van der Waals surface area contributed by atoms with Crippen LogP contribution in [0.15, 0.2) is 59.1 Å². The van der Waals surface area contributed by atoms with E-state index in [1.165, 1.54) is 10.4 Å². The molecular weight excluding hydrogens is 446 g/mol. The number of nitrogens with one attached hydrogen (secondary N) is 1. The molecule has 0 fully saturated rings. The molecular formula is C20H19BrClN3OS. The van der Waals surface area contributed by atoms with E-state index in [4.69, 9.17) is 0 Å². The number of thiazole rings is 1. The van der Waals surface area contributed by atoms with Crippen LogP contribution in [0, 0.1) is 0 Å². The van der Waals surface area contributed by atoms with Gasteiger partial charge in [0.1, 0.15) is 0 Å². The second kappa shape index (κ2) is 8.97. The zero-order valence-electron chi connectivity index (χ0n) is 14.5. The van der Waals surface area contributed by atoms with Crippen molar-refractivity contribution in [1.82, 2.24) is 9.88 Å². The zero-order valence-corrected chi connectivity index (χ0v) is 17.7. The summed E-state index contributed by atoms with van der Waals surface area (Å²) in [5.41, 5.74) is 3.07. The van der Waals surface area contributed by atoms with Crippen LogP contribution in [0.1, 0.15) is 26.5 Å². The smallest absolute Gasteiger partial charge is 0.257 e. The van der Waals surface area contributed by atoms with Crippen molar-refractivity contribution in [1.29, 1.82) is 0 Å². The third kappa shape index (κ3) is 4.96. The first-order valence-corrected chi connectivity index (χ1v) is 10.1. The Bertz CT molecular complexity index is 915. The molecule has 2 aromatic carbocycles. The van der Waals surface area contributed by atoms with Gasteiger partial charge in [-0.3, -0.25) is 15.0 Å². The van der Waals surface area contributed by atoms with E-state index in [0.717, 1.165) is 36.2 Å². The highest BCUT2D eigenvalue weighted by atomic mass is 79.9. The predicted octanol–water partition coefficient (Wildman–Crippen LogP) is 5.14. The minimum absolute atomic E-state index is 0. The Morgan fingerprint density at radius 1 is 1.15 bits per heavy atom. The van der Waals surface area contributed by atoms with Crippen molar-refractivity contribution < 1.29 is 4.79 Å². The summed E-state index contributed by atoms with van der Waals surface area (Å²) in [6, 6.07) is 17.8. The fraction of sp³-hybridized carbons (Fsp3) is 0.200. The lowest BCUT2D eigenvalue weighted by atomic mass is 10.1. The van der Waals surface area contributed by atoms with Crippen LogP contribution in [-0.4, -0.2) is 22.3 Å². The fourth-order valence-electron chi connectivity index (χ4n) is 3.05. The van der Waals surface area contributed by atoms with Crippen molar-refractivity contribution in [3.8, 4) is 0 Å². The fourth-order valence-corrected chi connectivity index (χ4v) is 4.36. The maximum absolute atomic E-state index is 12.4. The van der Waals surface area contributed by atoms with Crippen LogP contribution in [-0.2, 0) is 19.5 Å². The van der Waals surface area contributed by atoms with Gasteiger partial charge in [0.25, 0.3) is 5.91 Å². The molecule has 0 saturated carbocycles. The number of fused-ring (bicyclic) bond motifs is 1. The molecule has 3 aromatic rings. The molecule has 0 bridgehead atoms. The third-order valence-corrected chi connectivity index (χ3v) is 5.91. The molecule has 0 radical (unpaired) electrons. The average Bonchev–Trinajstić information content (AvgIpc) is 3.04. The molecule has 4 nitrogen and oxygen atoms in total. The second-order valence-electron chi connectivity index (χ2n) is 6.30. The van der Waals surface area contributed by atoms with E-state index in [-0.39, 0.29) is 18.3 Å². The van der Waals surface area contributed by atoms with Crippen molar-refractivity contribution in [2.45, 2.75) is 19.5 Å². The van der Waals surface area contributed by atoms with E-state index in [1.54, 1.807) is 23.5 Å². The number of anilines is 1. The maximum atomic E-state index is 12.4. The molecule has 0 atom stereocenters. The van der Waals surface area contributed by atoms with Gasteiger partial charge in [0.15, 0.2) is 5.13 Å². The molecule has 4 rings (SSSR count). The van der Waals surface area contributed by atoms with Crippen LogP contribution in [0.3, 0.4) is 0 Å². The molecule has 2 heterocycles. The van der Waals surface area contributed by atoms with E-state index < -0.39 is 0 Å². The number of halogens is 2. The molecule has 1 aliphatic heterocycles. The highest BCUT2D eigenvalue weighted by Gasteiger charge is 2.21. The molecule has 1 amide bonds. The Morgan fingerprint density at radius 2 is 1.89 bits per heavy atom. The molecule has 1 N–H and O–H groups in total. The summed E-state index contributed by atoms with van der Waals surface area (Å²) in [7, 11) is 0. The number of carbonyl (C=O) groups excluding carboxylic acids is 1. The minimum Gasteiger partial charge on any atom is -0.298 e. The molecule has 0 unspecified atom stereocenters. The summed E-state index contributed by atoms with van der Waals surface area (Å²) in [5.74, 6) is -0.121. The van der Waals surface area contributed by atoms with Crippen LogP contribution in [0.5, 0.6) is 0 Å². The van der Waals surface area contributed by atoms with Gasteiger partial charge in [0.2, 0.25) is 0 Å². The van der Waals surface area contributed by atoms with Crippen molar-refractivity contribution in [2.24, 2.45) is 0 Å². The first-order valence-electron chi connectivity index (χ1n) is 8.49. The normalized spacial score (nSPS) is 13.5. The summed E-state index contributed by atoms with van der Waals surface area (Å²) < 4.78 is 0.956. The van der Waals surface area contributed by atoms with E-state index in [2.05, 4.69) is 55.4 Å². The number of nitrogens with zero attached hydrogens (tertiary/aromatic N) is 2. The number of aromatic nitrogens is 1. The summed E-state index contributed by atoms with van der Waals surface area (Å²) in [6.45, 7) is 2.82. The number of hydrogen-bond donors (Lipinski definition) is 1. The van der Waals surface area contributed by atoms with Crippen LogP contribution >= 0.6 is 39.7 Å². The van der Waals surface area contributed by atoms with E-state index in [1.807, 2.05) is 18.2 Å². The summed E-state index contributed by atoms with van der Waals surface area (Å²) >= 11 is 4.96. The van der Waals surface area contributed by atoms with Crippen molar-refractivity contribution in [3.63, 3.8) is 0 Å². The van der Waals surface area contributed by atoms with E-state index in [0.29, 0.717) is 10.7 Å². The zero-order chi connectivity index (χ0) is 17.9. The Kier molecular flexibility index (Phi) is 6.65. The first kappa shape index (κ1) is 20.0. The minimum atomic E-state index is -0.121. The highest BCUT2D eigenvalue weighted by Crippen LogP contribution is 2.29. The first-order chi connectivity index (χ1) is 12.7. The average molecular weight is 465 g/mol. The standard InChI is InChI=1S/C20H18BrN3OS.ClH/c21-16-8-6-15(7-9-16)19(25)23-20-22-17-10-11-24(13-18(17)26-20)12-14-4-2-1-3-5-14;/h1-9H,10-13H2,(H,22,23,25);1H. The van der Waals surface area contributed by atoms with Crippen molar-refractivity contribution in [2.75, 3.05) is 11.9 Å². The van der Waals surface area contributed by atoms with E-state index >= 15 is 0 Å². The number of amides is 1. The van der Waals surface area contributed by atoms with Crippen LogP contribution in [0.2, 0.25) is 0 Å². The molecule has 0 spiro atoms. The number of hydrogen-bond acceptors (Lipinski definition) is 4. The quantitative estimate of drug-likeness (QED) is 0.581. The molecule has 1 aromatic heterocycles. The Labute approximate surface area is 177 Å². The van der Waals surface area contributed by atoms with Gasteiger partial charge < -0.3 is 0 Å². The van der Waals surface area contributed by atoms with Gasteiger partial charge in [0.05, 0.1) is 5.69 Å². The number of benzene rings is 2. The largest absolute Gasteiger partial charge is 0.298 e. The van der Waals surface area contributed by atoms with Crippen LogP contribution in [0.4, 0.5) is 5.13 Å². The van der Waals surface area contributed by atoms with Crippen molar-refractivity contribution >= 4 is 50.7 Å². The lowest BCUT2D eigenvalue weighted by Crippen LogP contribution is -2.29. The van der Waals surface area contributed by atoms with Gasteiger partial charge in [0, 0.05) is 41.0 Å². The maximum Gasteiger partial charge on any atom is 0.257 e. The summed E-state index contributed by atoms with van der Waals surface area (Å²) in [6.07, 6.45) is 0.923. The van der Waals surface area contributed by atoms with E-state index in [9.17, 15) is 4.79 Å². The lowest BCUT2D eigenvalue weighted by Gasteiger charge is -2.25. The van der Waals surface area contributed by atoms with Gasteiger partial charge in [-0.2, -0.15) is 0 Å². The van der Waals surface area contributed by atoms with Crippen molar-refractivity contribution in [3.05, 3.63) is 80.8 Å². The highest BCUT2D eigenvalue weighted by molar-refractivity contribution is 9.10. The Hall–Kier alpha value is -1.73. The van der Waals surface area contributed by atoms with Gasteiger partial charge in [-0.1, -0.05) is 46.3 Å². The lowest BCUT2D eigenvalue weighted by molar-refractivity contribution is 0.102. The second-order valence-corrected chi connectivity index (χ2v) is 8.30. The van der Waals surface area contributed by atoms with Gasteiger partial charge in [-0.25, -0.2) is 4.98 Å². The SMILES string of the molecule is Cl.O=C(Nc1nc2c(s1)CN(Cc1ccccc1)CC2)c1ccc(Br)cc1. The molecule has 7 heteroatoms.